The Kier molecular flexibility index (Phi) is 6.96. The molecule has 0 rings (SSSR count). The highest BCUT2D eigenvalue weighted by Gasteiger charge is 2.19. The summed E-state index contributed by atoms with van der Waals surface area (Å²) in [6.45, 7) is 10.4. The van der Waals surface area contributed by atoms with E-state index in [1.807, 2.05) is 6.92 Å². The van der Waals surface area contributed by atoms with Crippen molar-refractivity contribution in [3.05, 3.63) is 0 Å². The van der Waals surface area contributed by atoms with Gasteiger partial charge in [0.25, 0.3) is 0 Å². The number of carboxylic acids is 1. The summed E-state index contributed by atoms with van der Waals surface area (Å²) in [7, 11) is 0. The van der Waals surface area contributed by atoms with Crippen molar-refractivity contribution in [2.24, 2.45) is 11.3 Å². The summed E-state index contributed by atoms with van der Waals surface area (Å²) in [6, 6.07) is -0.253. The molecule has 4 nitrogen and oxygen atoms in total. The monoisotopic (exact) mass is 257 g/mol. The zero-order chi connectivity index (χ0) is 14.3. The Hall–Kier alpha value is -1.06. The minimum Gasteiger partial charge on any atom is -0.481 e. The van der Waals surface area contributed by atoms with Crippen LogP contribution >= 0.6 is 0 Å². The molecule has 106 valence electrons. The lowest BCUT2D eigenvalue weighted by atomic mass is 9.84. The number of nitrogens with one attached hydrogen (secondary N) is 1. The zero-order valence-corrected chi connectivity index (χ0v) is 12.2. The van der Waals surface area contributed by atoms with Crippen LogP contribution in [0, 0.1) is 11.3 Å². The maximum atomic E-state index is 11.8. The van der Waals surface area contributed by atoms with Gasteiger partial charge in [0.15, 0.2) is 0 Å². The van der Waals surface area contributed by atoms with Gasteiger partial charge in [0.05, 0.1) is 6.42 Å². The molecule has 0 bridgehead atoms. The molecule has 0 aromatic heterocycles. The zero-order valence-electron chi connectivity index (χ0n) is 12.2. The van der Waals surface area contributed by atoms with Crippen molar-refractivity contribution in [1.82, 2.24) is 5.32 Å². The fourth-order valence-electron chi connectivity index (χ4n) is 2.23. The Morgan fingerprint density at radius 1 is 1.22 bits per heavy atom. The number of hydrogen-bond donors (Lipinski definition) is 2. The van der Waals surface area contributed by atoms with E-state index in [9.17, 15) is 9.59 Å². The smallest absolute Gasteiger partial charge is 0.305 e. The highest BCUT2D eigenvalue weighted by molar-refractivity contribution is 5.77. The molecule has 2 unspecified atom stereocenters. The molecule has 0 aromatic carbocycles. The average molecular weight is 257 g/mol. The molecule has 0 heterocycles. The average Bonchev–Trinajstić information content (AvgIpc) is 2.12. The van der Waals surface area contributed by atoms with Gasteiger partial charge < -0.3 is 10.4 Å². The van der Waals surface area contributed by atoms with E-state index in [1.54, 1.807) is 0 Å². The predicted octanol–water partition coefficient (Wildman–Crippen LogP) is 2.82. The van der Waals surface area contributed by atoms with Crippen LogP contribution < -0.4 is 5.32 Å². The second-order valence-corrected chi connectivity index (χ2v) is 6.34. The largest absolute Gasteiger partial charge is 0.481 e. The number of carbonyl (C=O) groups is 2. The number of amides is 1. The first-order valence-electron chi connectivity index (χ1n) is 6.65. The second-order valence-electron chi connectivity index (χ2n) is 6.34. The molecule has 0 aliphatic heterocycles. The summed E-state index contributed by atoms with van der Waals surface area (Å²) in [5, 5.41) is 11.5. The number of rotatable bonds is 7. The molecule has 2 N–H and O–H groups in total. The van der Waals surface area contributed by atoms with Gasteiger partial charge in [-0.1, -0.05) is 34.6 Å². The van der Waals surface area contributed by atoms with Gasteiger partial charge in [-0.15, -0.1) is 0 Å². The Labute approximate surface area is 110 Å². The minimum absolute atomic E-state index is 0.00408. The third kappa shape index (κ3) is 9.02. The van der Waals surface area contributed by atoms with Gasteiger partial charge in [0.1, 0.15) is 0 Å². The third-order valence-corrected chi connectivity index (χ3v) is 2.77. The van der Waals surface area contributed by atoms with Crippen molar-refractivity contribution in [3.8, 4) is 0 Å². The lowest BCUT2D eigenvalue weighted by Gasteiger charge is -2.23. The van der Waals surface area contributed by atoms with Gasteiger partial charge in [0, 0.05) is 12.5 Å². The van der Waals surface area contributed by atoms with E-state index >= 15 is 0 Å². The molecule has 0 fully saturated rings. The number of carboxylic acid groups (broad SMARTS) is 1. The van der Waals surface area contributed by atoms with Crippen molar-refractivity contribution in [2.75, 3.05) is 0 Å². The van der Waals surface area contributed by atoms with Crippen LogP contribution in [-0.2, 0) is 9.59 Å². The van der Waals surface area contributed by atoms with Gasteiger partial charge >= 0.3 is 5.97 Å². The lowest BCUT2D eigenvalue weighted by Crippen LogP contribution is -2.36. The molecule has 0 saturated heterocycles. The molecule has 1 amide bonds. The molecule has 0 radical (unpaired) electrons. The first-order chi connectivity index (χ1) is 8.14. The number of aliphatic carboxylic acids is 1. The lowest BCUT2D eigenvalue weighted by molar-refractivity contribution is -0.137. The van der Waals surface area contributed by atoms with Crippen LogP contribution in [0.3, 0.4) is 0 Å². The van der Waals surface area contributed by atoms with Crippen LogP contribution in [0.15, 0.2) is 0 Å². The maximum absolute atomic E-state index is 11.8. The summed E-state index contributed by atoms with van der Waals surface area (Å²) in [5.41, 5.74) is 0.213. The van der Waals surface area contributed by atoms with Crippen LogP contribution in [-0.4, -0.2) is 23.0 Å². The molecule has 0 spiro atoms. The van der Waals surface area contributed by atoms with Crippen molar-refractivity contribution >= 4 is 11.9 Å². The van der Waals surface area contributed by atoms with Gasteiger partial charge in [-0.05, 0) is 24.2 Å². The first-order valence-corrected chi connectivity index (χ1v) is 6.65. The summed E-state index contributed by atoms with van der Waals surface area (Å²) < 4.78 is 0. The van der Waals surface area contributed by atoms with E-state index in [0.29, 0.717) is 18.8 Å². The highest BCUT2D eigenvalue weighted by atomic mass is 16.4. The minimum atomic E-state index is -0.870. The summed E-state index contributed by atoms with van der Waals surface area (Å²) in [4.78, 5) is 22.4. The quantitative estimate of drug-likeness (QED) is 0.737. The van der Waals surface area contributed by atoms with Gasteiger partial charge in [-0.25, -0.2) is 0 Å². The van der Waals surface area contributed by atoms with Crippen LogP contribution in [0.1, 0.15) is 60.3 Å². The van der Waals surface area contributed by atoms with E-state index in [4.69, 9.17) is 5.11 Å². The van der Waals surface area contributed by atoms with E-state index in [2.05, 4.69) is 33.0 Å². The van der Waals surface area contributed by atoms with Crippen LogP contribution in [0.5, 0.6) is 0 Å². The molecule has 0 aliphatic rings. The molecule has 18 heavy (non-hydrogen) atoms. The molecule has 4 heteroatoms. The Morgan fingerprint density at radius 2 is 1.78 bits per heavy atom. The van der Waals surface area contributed by atoms with E-state index in [1.165, 1.54) is 0 Å². The molecule has 0 saturated carbocycles. The number of hydrogen-bond acceptors (Lipinski definition) is 2. The maximum Gasteiger partial charge on any atom is 0.305 e. The van der Waals surface area contributed by atoms with Crippen LogP contribution in [0.2, 0.25) is 0 Å². The Morgan fingerprint density at radius 3 is 2.17 bits per heavy atom. The number of carbonyl (C=O) groups excluding carboxylic acids is 1. The predicted molar refractivity (Wildman–Crippen MR) is 72.3 cm³/mol. The molecular formula is C14H27NO3. The van der Waals surface area contributed by atoms with Crippen LogP contribution in [0.25, 0.3) is 0 Å². The SMILES string of the molecule is CCC(CC(=O)O)NC(=O)CC(C)CC(C)(C)C. The van der Waals surface area contributed by atoms with Crippen molar-refractivity contribution in [3.63, 3.8) is 0 Å². The van der Waals surface area contributed by atoms with Crippen molar-refractivity contribution in [2.45, 2.75) is 66.3 Å². The fraction of sp³-hybridized carbons (Fsp3) is 0.857. The van der Waals surface area contributed by atoms with E-state index in [0.717, 1.165) is 6.42 Å². The first kappa shape index (κ1) is 16.9. The standard InChI is InChI=1S/C14H27NO3/c1-6-11(8-13(17)18)15-12(16)7-10(2)9-14(3,4)5/h10-11H,6-9H2,1-5H3,(H,15,16)(H,17,18). The van der Waals surface area contributed by atoms with Crippen molar-refractivity contribution in [1.29, 1.82) is 0 Å². The van der Waals surface area contributed by atoms with E-state index < -0.39 is 5.97 Å². The van der Waals surface area contributed by atoms with E-state index in [-0.39, 0.29) is 23.8 Å². The van der Waals surface area contributed by atoms with Gasteiger partial charge in [0.2, 0.25) is 5.91 Å². The summed E-state index contributed by atoms with van der Waals surface area (Å²) >= 11 is 0. The molecular weight excluding hydrogens is 230 g/mol. The molecule has 0 aliphatic carbocycles. The topological polar surface area (TPSA) is 66.4 Å². The second kappa shape index (κ2) is 7.39. The summed E-state index contributed by atoms with van der Waals surface area (Å²) in [5.74, 6) is -0.600. The molecule has 0 aromatic rings. The van der Waals surface area contributed by atoms with Crippen LogP contribution in [0.4, 0.5) is 0 Å². The Bertz CT molecular complexity index is 281. The van der Waals surface area contributed by atoms with Gasteiger partial charge in [-0.2, -0.15) is 0 Å². The van der Waals surface area contributed by atoms with Crippen molar-refractivity contribution < 1.29 is 14.7 Å². The summed E-state index contributed by atoms with van der Waals surface area (Å²) in [6.07, 6.45) is 2.09. The third-order valence-electron chi connectivity index (χ3n) is 2.77. The molecule has 2 atom stereocenters. The highest BCUT2D eigenvalue weighted by Crippen LogP contribution is 2.25. The van der Waals surface area contributed by atoms with Gasteiger partial charge in [-0.3, -0.25) is 9.59 Å². The normalized spacial score (nSPS) is 14.9. The Balaban J connectivity index is 4.12. The fourth-order valence-corrected chi connectivity index (χ4v) is 2.23.